The summed E-state index contributed by atoms with van der Waals surface area (Å²) >= 11 is 0. The number of benzene rings is 2. The van der Waals surface area contributed by atoms with Gasteiger partial charge in [-0.1, -0.05) is 87.9 Å². The Morgan fingerprint density at radius 1 is 0.864 bits per heavy atom. The van der Waals surface area contributed by atoms with Crippen LogP contribution in [0.4, 0.5) is 0 Å². The average Bonchev–Trinajstić information content (AvgIpc) is 3.03. The highest BCUT2D eigenvalue weighted by atomic mass is 16.5. The van der Waals surface area contributed by atoms with Crippen LogP contribution in [-0.4, -0.2) is 6.23 Å². The Labute approximate surface area is 133 Å². The Bertz CT molecular complexity index is 538. The van der Waals surface area contributed by atoms with Crippen molar-refractivity contribution in [3.8, 4) is 0 Å². The number of ether oxygens (including phenoxy) is 1. The zero-order valence-corrected chi connectivity index (χ0v) is 13.7. The minimum absolute atomic E-state index is 0.0745. The van der Waals surface area contributed by atoms with Gasteiger partial charge < -0.3 is 10.1 Å². The van der Waals surface area contributed by atoms with Crippen molar-refractivity contribution in [2.24, 2.45) is 0 Å². The van der Waals surface area contributed by atoms with E-state index in [0.717, 1.165) is 29.9 Å². The van der Waals surface area contributed by atoms with Gasteiger partial charge in [-0.2, -0.15) is 0 Å². The summed E-state index contributed by atoms with van der Waals surface area (Å²) in [6.45, 7) is 6.17. The lowest BCUT2D eigenvalue weighted by Crippen LogP contribution is -2.22. The van der Waals surface area contributed by atoms with Gasteiger partial charge in [0.25, 0.3) is 0 Å². The molecular formula is C20H25NO. The minimum Gasteiger partial charge on any atom is -0.468 e. The third-order valence-electron chi connectivity index (χ3n) is 3.44. The van der Waals surface area contributed by atoms with Crippen molar-refractivity contribution in [3.05, 3.63) is 71.8 Å². The molecule has 0 aromatic heterocycles. The molecule has 0 bridgehead atoms. The molecule has 1 N–H and O–H groups in total. The Kier molecular flexibility index (Phi) is 6.08. The van der Waals surface area contributed by atoms with E-state index in [1.54, 1.807) is 0 Å². The summed E-state index contributed by atoms with van der Waals surface area (Å²) in [5, 5.41) is 3.51. The van der Waals surface area contributed by atoms with Gasteiger partial charge in [-0.25, -0.2) is 0 Å². The van der Waals surface area contributed by atoms with E-state index >= 15 is 0 Å². The molecule has 1 heterocycles. The zero-order valence-electron chi connectivity index (χ0n) is 13.7. The molecule has 1 aliphatic heterocycles. The Morgan fingerprint density at radius 3 is 1.95 bits per heavy atom. The van der Waals surface area contributed by atoms with Crippen molar-refractivity contribution >= 4 is 11.5 Å². The van der Waals surface area contributed by atoms with E-state index in [0.29, 0.717) is 0 Å². The van der Waals surface area contributed by atoms with E-state index in [9.17, 15) is 0 Å². The lowest BCUT2D eigenvalue weighted by atomic mass is 10.1. The van der Waals surface area contributed by atoms with Crippen molar-refractivity contribution < 1.29 is 4.74 Å². The number of hydrogen-bond acceptors (Lipinski definition) is 2. The molecule has 116 valence electrons. The highest BCUT2D eigenvalue weighted by Crippen LogP contribution is 2.32. The van der Waals surface area contributed by atoms with E-state index in [-0.39, 0.29) is 6.23 Å². The normalized spacial score (nSPS) is 16.4. The van der Waals surface area contributed by atoms with Crippen molar-refractivity contribution in [2.45, 2.75) is 39.8 Å². The van der Waals surface area contributed by atoms with Gasteiger partial charge in [0.1, 0.15) is 0 Å². The van der Waals surface area contributed by atoms with Crippen molar-refractivity contribution in [3.63, 3.8) is 0 Å². The van der Waals surface area contributed by atoms with Crippen molar-refractivity contribution in [2.75, 3.05) is 0 Å². The second-order valence-electron chi connectivity index (χ2n) is 4.98. The molecule has 0 saturated carbocycles. The van der Waals surface area contributed by atoms with Gasteiger partial charge in [0.2, 0.25) is 0 Å². The highest BCUT2D eigenvalue weighted by molar-refractivity contribution is 5.88. The van der Waals surface area contributed by atoms with Crippen molar-refractivity contribution in [1.29, 1.82) is 0 Å². The van der Waals surface area contributed by atoms with Crippen LogP contribution in [0.1, 0.15) is 44.7 Å². The maximum Gasteiger partial charge on any atom is 0.170 e. The largest absolute Gasteiger partial charge is 0.468 e. The average molecular weight is 295 g/mol. The van der Waals surface area contributed by atoms with Crippen LogP contribution < -0.4 is 5.32 Å². The number of hydrogen-bond donors (Lipinski definition) is 1. The molecular weight excluding hydrogens is 270 g/mol. The predicted octanol–water partition coefficient (Wildman–Crippen LogP) is 5.28. The van der Waals surface area contributed by atoms with Crippen LogP contribution in [0.5, 0.6) is 0 Å². The molecule has 3 rings (SSSR count). The number of nitrogens with one attached hydrogen (secondary N) is 1. The molecule has 0 aliphatic carbocycles. The first-order chi connectivity index (χ1) is 10.9. The van der Waals surface area contributed by atoms with Crippen LogP contribution in [0.2, 0.25) is 0 Å². The maximum atomic E-state index is 6.12. The van der Waals surface area contributed by atoms with Crippen LogP contribution in [0.15, 0.2) is 60.7 Å². The van der Waals surface area contributed by atoms with Gasteiger partial charge in [-0.3, -0.25) is 0 Å². The Morgan fingerprint density at radius 2 is 1.41 bits per heavy atom. The van der Waals surface area contributed by atoms with Gasteiger partial charge >= 0.3 is 0 Å². The fourth-order valence-corrected chi connectivity index (χ4v) is 2.47. The van der Waals surface area contributed by atoms with Crippen molar-refractivity contribution in [1.82, 2.24) is 5.32 Å². The molecule has 0 saturated heterocycles. The summed E-state index contributed by atoms with van der Waals surface area (Å²) in [5.74, 6) is 0.954. The molecule has 0 radical (unpaired) electrons. The van der Waals surface area contributed by atoms with E-state index in [4.69, 9.17) is 4.74 Å². The monoisotopic (exact) mass is 295 g/mol. The fourth-order valence-electron chi connectivity index (χ4n) is 2.47. The lowest BCUT2D eigenvalue weighted by Gasteiger charge is -2.11. The molecule has 1 aliphatic rings. The molecule has 2 aromatic carbocycles. The van der Waals surface area contributed by atoms with E-state index in [2.05, 4.69) is 48.6 Å². The maximum absolute atomic E-state index is 6.12. The van der Waals surface area contributed by atoms with E-state index < -0.39 is 0 Å². The molecule has 0 spiro atoms. The van der Waals surface area contributed by atoms with Crippen LogP contribution in [-0.2, 0) is 4.74 Å². The SMILES string of the molecule is CC.CCCC1NC(c2ccccc2)=C(c2ccccc2)O1. The minimum atomic E-state index is 0.0745. The molecule has 22 heavy (non-hydrogen) atoms. The van der Waals surface area contributed by atoms with Gasteiger partial charge in [0, 0.05) is 17.5 Å². The van der Waals surface area contributed by atoms with Gasteiger partial charge in [0.15, 0.2) is 12.0 Å². The van der Waals surface area contributed by atoms with Crippen LogP contribution >= 0.6 is 0 Å². The summed E-state index contributed by atoms with van der Waals surface area (Å²) in [6.07, 6.45) is 2.18. The standard InChI is InChI=1S/C18H19NO.C2H6/c1-2-9-16-19-17(14-10-5-3-6-11-14)18(20-16)15-12-7-4-8-13-15;1-2/h3-8,10-13,16,19H,2,9H2,1H3;1-2H3. The van der Waals surface area contributed by atoms with E-state index in [1.807, 2.05) is 38.1 Å². The quantitative estimate of drug-likeness (QED) is 0.828. The van der Waals surface area contributed by atoms with Gasteiger partial charge in [-0.05, 0) is 0 Å². The second-order valence-corrected chi connectivity index (χ2v) is 4.98. The summed E-state index contributed by atoms with van der Waals surface area (Å²) in [6, 6.07) is 20.7. The molecule has 2 heteroatoms. The van der Waals surface area contributed by atoms with Crippen LogP contribution in [0, 0.1) is 0 Å². The fraction of sp³-hybridized carbons (Fsp3) is 0.300. The van der Waals surface area contributed by atoms with E-state index in [1.165, 1.54) is 5.56 Å². The Hall–Kier alpha value is -2.22. The molecule has 0 fully saturated rings. The van der Waals surface area contributed by atoms with Gasteiger partial charge in [-0.15, -0.1) is 0 Å². The Balaban J connectivity index is 0.000000847. The summed E-state index contributed by atoms with van der Waals surface area (Å²) < 4.78 is 6.12. The van der Waals surface area contributed by atoms with Crippen LogP contribution in [0.25, 0.3) is 11.5 Å². The highest BCUT2D eigenvalue weighted by Gasteiger charge is 2.25. The van der Waals surface area contributed by atoms with Gasteiger partial charge in [0.05, 0.1) is 5.70 Å². The van der Waals surface area contributed by atoms with Crippen LogP contribution in [0.3, 0.4) is 0 Å². The predicted molar refractivity (Wildman–Crippen MR) is 94.0 cm³/mol. The lowest BCUT2D eigenvalue weighted by molar-refractivity contribution is 0.161. The zero-order chi connectivity index (χ0) is 15.8. The first kappa shape index (κ1) is 16.2. The molecule has 2 nitrogen and oxygen atoms in total. The topological polar surface area (TPSA) is 21.3 Å². The third kappa shape index (κ3) is 3.70. The first-order valence-electron chi connectivity index (χ1n) is 8.17. The second kappa shape index (κ2) is 8.28. The first-order valence-corrected chi connectivity index (χ1v) is 8.17. The smallest absolute Gasteiger partial charge is 0.170 e. The molecule has 1 unspecified atom stereocenters. The summed E-state index contributed by atoms with van der Waals surface area (Å²) in [5.41, 5.74) is 3.39. The molecule has 1 atom stereocenters. The summed E-state index contributed by atoms with van der Waals surface area (Å²) in [7, 11) is 0. The third-order valence-corrected chi connectivity index (χ3v) is 3.44. The number of rotatable bonds is 4. The molecule has 2 aromatic rings. The summed E-state index contributed by atoms with van der Waals surface area (Å²) in [4.78, 5) is 0. The molecule has 0 amide bonds.